The molecule has 0 radical (unpaired) electrons. The Morgan fingerprint density at radius 3 is 2.56 bits per heavy atom. The zero-order chi connectivity index (χ0) is 25.2. The van der Waals surface area contributed by atoms with Crippen LogP contribution >= 0.6 is 23.8 Å². The van der Waals surface area contributed by atoms with Crippen LogP contribution in [0.5, 0.6) is 0 Å². The van der Waals surface area contributed by atoms with E-state index in [2.05, 4.69) is 15.6 Å². The zero-order valence-electron chi connectivity index (χ0n) is 18.2. The molecule has 0 aliphatic heterocycles. The summed E-state index contributed by atoms with van der Waals surface area (Å²) in [5, 5.41) is 17.1. The number of hydrogen-bond acceptors (Lipinski definition) is 7. The van der Waals surface area contributed by atoms with Crippen molar-refractivity contribution < 1.29 is 18.6 Å². The number of carbonyl (C=O) groups excluding carboxylic acids is 1. The average Bonchev–Trinajstić information content (AvgIpc) is 3.52. The van der Waals surface area contributed by atoms with Gasteiger partial charge in [-0.05, 0) is 66.8 Å². The maximum absolute atomic E-state index is 12.6. The summed E-state index contributed by atoms with van der Waals surface area (Å²) in [5.74, 6) is 0.194. The average molecular weight is 519 g/mol. The number of hydrogen-bond donors (Lipinski definition) is 2. The van der Waals surface area contributed by atoms with E-state index in [1.54, 1.807) is 48.5 Å². The molecule has 2 heterocycles. The Morgan fingerprint density at radius 2 is 1.78 bits per heavy atom. The molecular formula is C25H15ClN4O5S. The molecule has 178 valence electrons. The first-order chi connectivity index (χ1) is 17.4. The van der Waals surface area contributed by atoms with E-state index in [0.29, 0.717) is 39.0 Å². The zero-order valence-corrected chi connectivity index (χ0v) is 19.8. The quantitative estimate of drug-likeness (QED) is 0.155. The van der Waals surface area contributed by atoms with Gasteiger partial charge in [0.25, 0.3) is 11.6 Å². The Kier molecular flexibility index (Phi) is 6.19. The summed E-state index contributed by atoms with van der Waals surface area (Å²) in [6.45, 7) is 0. The number of anilines is 1. The first kappa shape index (κ1) is 23.2. The van der Waals surface area contributed by atoms with E-state index >= 15 is 0 Å². The summed E-state index contributed by atoms with van der Waals surface area (Å²) in [6, 6.07) is 21.3. The summed E-state index contributed by atoms with van der Waals surface area (Å²) in [4.78, 5) is 27.6. The number of thiocarbonyl (C=S) groups is 1. The fraction of sp³-hybridized carbons (Fsp3) is 0. The van der Waals surface area contributed by atoms with Crippen molar-refractivity contribution in [1.82, 2.24) is 10.3 Å². The van der Waals surface area contributed by atoms with Crippen LogP contribution < -0.4 is 10.6 Å². The van der Waals surface area contributed by atoms with Gasteiger partial charge in [-0.2, -0.15) is 0 Å². The number of fused-ring (bicyclic) bond motifs is 1. The number of carbonyl (C=O) groups is 1. The Bertz CT molecular complexity index is 1630. The minimum atomic E-state index is -0.572. The summed E-state index contributed by atoms with van der Waals surface area (Å²) >= 11 is 11.2. The number of benzene rings is 3. The van der Waals surface area contributed by atoms with Gasteiger partial charge >= 0.3 is 0 Å². The topological polar surface area (TPSA) is 123 Å². The van der Waals surface area contributed by atoms with Crippen molar-refractivity contribution in [2.75, 3.05) is 5.32 Å². The SMILES string of the molecule is O=C(NC(=S)Nc1ccc2oc(-c3ccc(Cl)cc3)nc2c1)c1ccc(-c2cccc([N+](=O)[O-])c2)o1. The molecule has 2 N–H and O–H groups in total. The maximum atomic E-state index is 12.6. The van der Waals surface area contributed by atoms with E-state index in [-0.39, 0.29) is 16.6 Å². The maximum Gasteiger partial charge on any atom is 0.293 e. The van der Waals surface area contributed by atoms with Gasteiger partial charge in [0.2, 0.25) is 5.89 Å². The minimum absolute atomic E-state index is 0.000200. The first-order valence-electron chi connectivity index (χ1n) is 10.5. The molecule has 5 aromatic rings. The molecule has 2 aromatic heterocycles. The third-order valence-electron chi connectivity index (χ3n) is 5.13. The van der Waals surface area contributed by atoms with Crippen molar-refractivity contribution in [2.45, 2.75) is 0 Å². The fourth-order valence-corrected chi connectivity index (χ4v) is 3.77. The lowest BCUT2D eigenvalue weighted by Gasteiger charge is -2.08. The molecule has 1 amide bonds. The number of oxazole rings is 1. The van der Waals surface area contributed by atoms with Crippen LogP contribution in [0.1, 0.15) is 10.6 Å². The summed E-state index contributed by atoms with van der Waals surface area (Å²) in [5.41, 5.74) is 2.97. The summed E-state index contributed by atoms with van der Waals surface area (Å²) in [6.07, 6.45) is 0. The Balaban J connectivity index is 1.26. The number of non-ortho nitro benzene ring substituents is 1. The normalized spacial score (nSPS) is 10.8. The number of nitro benzene ring substituents is 1. The van der Waals surface area contributed by atoms with E-state index in [9.17, 15) is 14.9 Å². The second-order valence-corrected chi connectivity index (χ2v) is 8.43. The van der Waals surface area contributed by atoms with E-state index < -0.39 is 10.8 Å². The van der Waals surface area contributed by atoms with E-state index in [0.717, 1.165) is 5.56 Å². The van der Waals surface area contributed by atoms with Gasteiger partial charge in [0.15, 0.2) is 16.5 Å². The molecule has 0 saturated carbocycles. The molecule has 36 heavy (non-hydrogen) atoms. The third kappa shape index (κ3) is 4.95. The van der Waals surface area contributed by atoms with Gasteiger partial charge in [-0.1, -0.05) is 23.7 Å². The van der Waals surface area contributed by atoms with Gasteiger partial charge in [-0.3, -0.25) is 20.2 Å². The Hall–Kier alpha value is -4.54. The van der Waals surface area contributed by atoms with Crippen LogP contribution in [0.15, 0.2) is 87.7 Å². The standard InChI is InChI=1S/C25H15ClN4O5S/c26-16-6-4-14(5-7-16)24-28-19-13-17(8-9-21(19)35-24)27-25(36)29-23(31)22-11-10-20(34-22)15-2-1-3-18(12-15)30(32)33/h1-13H,(H2,27,29,31,36). The summed E-state index contributed by atoms with van der Waals surface area (Å²) < 4.78 is 11.4. The van der Waals surface area contributed by atoms with Crippen molar-refractivity contribution in [2.24, 2.45) is 0 Å². The van der Waals surface area contributed by atoms with Gasteiger partial charge in [0.05, 0.1) is 4.92 Å². The van der Waals surface area contributed by atoms with Crippen molar-refractivity contribution in [3.05, 3.63) is 99.8 Å². The van der Waals surface area contributed by atoms with Crippen molar-refractivity contribution >= 4 is 57.3 Å². The minimum Gasteiger partial charge on any atom is -0.451 e. The highest BCUT2D eigenvalue weighted by molar-refractivity contribution is 7.80. The van der Waals surface area contributed by atoms with Crippen molar-refractivity contribution in [1.29, 1.82) is 0 Å². The molecule has 11 heteroatoms. The number of amides is 1. The van der Waals surface area contributed by atoms with Crippen LogP contribution in [-0.4, -0.2) is 20.9 Å². The molecule has 0 saturated heterocycles. The highest BCUT2D eigenvalue weighted by Crippen LogP contribution is 2.28. The van der Waals surface area contributed by atoms with E-state index in [1.807, 2.05) is 12.1 Å². The van der Waals surface area contributed by atoms with Crippen LogP contribution in [-0.2, 0) is 0 Å². The fourth-order valence-electron chi connectivity index (χ4n) is 3.44. The van der Waals surface area contributed by atoms with E-state index in [1.165, 1.54) is 18.2 Å². The van der Waals surface area contributed by atoms with Gasteiger partial charge < -0.3 is 14.2 Å². The predicted molar refractivity (Wildman–Crippen MR) is 139 cm³/mol. The molecule has 3 aromatic carbocycles. The van der Waals surface area contributed by atoms with Crippen LogP contribution in [0.3, 0.4) is 0 Å². The highest BCUT2D eigenvalue weighted by Gasteiger charge is 2.16. The first-order valence-corrected chi connectivity index (χ1v) is 11.3. The predicted octanol–water partition coefficient (Wildman–Crippen LogP) is 6.44. The van der Waals surface area contributed by atoms with Gasteiger partial charge in [0.1, 0.15) is 11.3 Å². The summed E-state index contributed by atoms with van der Waals surface area (Å²) in [7, 11) is 0. The third-order valence-corrected chi connectivity index (χ3v) is 5.59. The van der Waals surface area contributed by atoms with Crippen molar-refractivity contribution in [3.63, 3.8) is 0 Å². The highest BCUT2D eigenvalue weighted by atomic mass is 35.5. The van der Waals surface area contributed by atoms with E-state index in [4.69, 9.17) is 32.7 Å². The van der Waals surface area contributed by atoms with Crippen LogP contribution in [0.25, 0.3) is 33.9 Å². The number of nitrogens with zero attached hydrogens (tertiary/aromatic N) is 2. The second-order valence-electron chi connectivity index (χ2n) is 7.59. The van der Waals surface area contributed by atoms with Gasteiger partial charge in [-0.15, -0.1) is 0 Å². The molecule has 0 atom stereocenters. The largest absolute Gasteiger partial charge is 0.451 e. The monoisotopic (exact) mass is 518 g/mol. The molecule has 0 bridgehead atoms. The number of nitrogens with one attached hydrogen (secondary N) is 2. The number of aromatic nitrogens is 1. The van der Waals surface area contributed by atoms with Crippen molar-refractivity contribution in [3.8, 4) is 22.8 Å². The molecule has 0 spiro atoms. The molecule has 0 aliphatic carbocycles. The lowest BCUT2D eigenvalue weighted by Crippen LogP contribution is -2.33. The van der Waals surface area contributed by atoms with Gasteiger partial charge in [-0.25, -0.2) is 4.98 Å². The lowest BCUT2D eigenvalue weighted by atomic mass is 10.1. The molecule has 5 rings (SSSR count). The Labute approximate surface area is 213 Å². The molecule has 0 unspecified atom stereocenters. The number of nitro groups is 1. The van der Waals surface area contributed by atoms with Gasteiger partial charge in [0, 0.05) is 34.0 Å². The smallest absolute Gasteiger partial charge is 0.293 e. The number of furan rings is 1. The lowest BCUT2D eigenvalue weighted by molar-refractivity contribution is -0.384. The molecular weight excluding hydrogens is 504 g/mol. The Morgan fingerprint density at radius 1 is 0.972 bits per heavy atom. The molecule has 0 fully saturated rings. The molecule has 0 aliphatic rings. The second kappa shape index (κ2) is 9.61. The number of halogens is 1. The number of rotatable bonds is 5. The van der Waals surface area contributed by atoms with Crippen LogP contribution in [0.2, 0.25) is 5.02 Å². The molecule has 9 nitrogen and oxygen atoms in total. The van der Waals surface area contributed by atoms with Crippen LogP contribution in [0.4, 0.5) is 11.4 Å². The van der Waals surface area contributed by atoms with Crippen LogP contribution in [0, 0.1) is 10.1 Å².